The van der Waals surface area contributed by atoms with Crippen molar-refractivity contribution in [3.8, 4) is 17.0 Å². The van der Waals surface area contributed by atoms with Crippen LogP contribution in [0, 0.1) is 0 Å². The molecular weight excluding hydrogens is 379 g/mol. The van der Waals surface area contributed by atoms with Gasteiger partial charge in [-0.1, -0.05) is 9.24 Å². The Morgan fingerprint density at radius 2 is 2.07 bits per heavy atom. The molecule has 1 aromatic heterocycles. The number of ether oxygens (including phenoxy) is 1. The number of fused-ring (bicyclic) bond motifs is 5. The average Bonchev–Trinajstić information content (AvgIpc) is 3.11. The maximum Gasteiger partial charge on any atom is 0.128 e. The van der Waals surface area contributed by atoms with E-state index in [4.69, 9.17) is 10.5 Å². The number of hydrogen-bond acceptors (Lipinski definition) is 4. The number of allylic oxidation sites excluding steroid dienone is 2. The third kappa shape index (κ3) is 3.24. The van der Waals surface area contributed by atoms with E-state index in [2.05, 4.69) is 42.4 Å². The van der Waals surface area contributed by atoms with Gasteiger partial charge in [0, 0.05) is 28.7 Å². The molecule has 2 aromatic rings. The lowest BCUT2D eigenvalue weighted by Crippen LogP contribution is -2.16. The SMILES string of the molecule is CC(C)=N/C=C(\N)C1=CC2=C(CC1)c1cc3c(cc1OC2)-c1nc(P)[nH]c1CC3. The molecule has 3 aliphatic rings. The van der Waals surface area contributed by atoms with E-state index in [9.17, 15) is 0 Å². The standard InChI is InChI=1S/C23H25N4OP/c1-12(2)25-10-19(24)14-3-5-16-15(7-14)11-28-21-9-17-13(8-18(16)21)4-6-20-22(17)27-23(29)26-20/h7-10H,3-6,11,24,29H2,1-2H3,(H,26,27)/b19-10-. The zero-order valence-electron chi connectivity index (χ0n) is 16.8. The van der Waals surface area contributed by atoms with Crippen LogP contribution in [0.25, 0.3) is 16.8 Å². The predicted octanol–water partition coefficient (Wildman–Crippen LogP) is 3.82. The summed E-state index contributed by atoms with van der Waals surface area (Å²) in [7, 11) is 2.66. The number of nitrogens with two attached hydrogens (primary N) is 1. The summed E-state index contributed by atoms with van der Waals surface area (Å²) in [4.78, 5) is 12.4. The molecule has 0 saturated heterocycles. The summed E-state index contributed by atoms with van der Waals surface area (Å²) in [6.45, 7) is 4.52. The number of H-pyrrole nitrogens is 1. The first-order valence-corrected chi connectivity index (χ1v) is 10.6. The molecule has 0 spiro atoms. The van der Waals surface area contributed by atoms with Crippen molar-refractivity contribution in [1.29, 1.82) is 0 Å². The molecule has 5 nitrogen and oxygen atoms in total. The maximum atomic E-state index is 6.26. The van der Waals surface area contributed by atoms with Crippen molar-refractivity contribution in [3.63, 3.8) is 0 Å². The van der Waals surface area contributed by atoms with Gasteiger partial charge in [0.1, 0.15) is 17.9 Å². The number of aryl methyl sites for hydroxylation is 2. The van der Waals surface area contributed by atoms with Crippen LogP contribution in [0.5, 0.6) is 5.75 Å². The minimum absolute atomic E-state index is 0.580. The summed E-state index contributed by atoms with van der Waals surface area (Å²) < 4.78 is 6.17. The summed E-state index contributed by atoms with van der Waals surface area (Å²) in [6.07, 6.45) is 7.88. The third-order valence-corrected chi connectivity index (χ3v) is 6.10. The molecule has 3 N–H and O–H groups in total. The van der Waals surface area contributed by atoms with Crippen LogP contribution in [0.3, 0.4) is 0 Å². The lowest BCUT2D eigenvalue weighted by molar-refractivity contribution is 0.348. The van der Waals surface area contributed by atoms with Gasteiger partial charge >= 0.3 is 0 Å². The first-order chi connectivity index (χ1) is 14.0. The highest BCUT2D eigenvalue weighted by Gasteiger charge is 2.27. The molecular formula is C23H25N4OP. The van der Waals surface area contributed by atoms with Gasteiger partial charge < -0.3 is 15.5 Å². The van der Waals surface area contributed by atoms with E-state index in [-0.39, 0.29) is 0 Å². The number of aromatic amines is 1. The normalized spacial score (nSPS) is 17.5. The van der Waals surface area contributed by atoms with Crippen LogP contribution in [0.4, 0.5) is 0 Å². The second kappa shape index (κ2) is 7.00. The fourth-order valence-electron chi connectivity index (χ4n) is 4.39. The van der Waals surface area contributed by atoms with Gasteiger partial charge in [-0.05, 0) is 80.0 Å². The number of aromatic nitrogens is 2. The van der Waals surface area contributed by atoms with Crippen molar-refractivity contribution < 1.29 is 4.74 Å². The second-order valence-electron chi connectivity index (χ2n) is 8.08. The van der Waals surface area contributed by atoms with Gasteiger partial charge in [-0.25, -0.2) is 4.98 Å². The molecule has 0 amide bonds. The van der Waals surface area contributed by atoms with Crippen molar-refractivity contribution in [2.75, 3.05) is 6.61 Å². The van der Waals surface area contributed by atoms with Gasteiger partial charge in [-0.2, -0.15) is 0 Å². The fourth-order valence-corrected chi connectivity index (χ4v) is 4.69. The van der Waals surface area contributed by atoms with Crippen LogP contribution in [0.15, 0.2) is 46.2 Å². The van der Waals surface area contributed by atoms with Crippen LogP contribution in [0.2, 0.25) is 0 Å². The summed E-state index contributed by atoms with van der Waals surface area (Å²) >= 11 is 0. The number of hydrogen-bond donors (Lipinski definition) is 2. The van der Waals surface area contributed by atoms with Crippen LogP contribution in [0.1, 0.15) is 43.5 Å². The molecule has 0 saturated carbocycles. The minimum Gasteiger partial charge on any atom is -0.488 e. The highest BCUT2D eigenvalue weighted by Crippen LogP contribution is 2.44. The van der Waals surface area contributed by atoms with Crippen LogP contribution >= 0.6 is 9.24 Å². The van der Waals surface area contributed by atoms with Gasteiger partial charge in [0.2, 0.25) is 0 Å². The van der Waals surface area contributed by atoms with Crippen molar-refractivity contribution in [2.24, 2.45) is 10.7 Å². The van der Waals surface area contributed by atoms with Gasteiger partial charge in [-0.15, -0.1) is 0 Å². The van der Waals surface area contributed by atoms with Gasteiger partial charge in [0.05, 0.1) is 11.4 Å². The third-order valence-electron chi connectivity index (χ3n) is 5.82. The highest BCUT2D eigenvalue weighted by molar-refractivity contribution is 7.26. The number of imidazole rings is 1. The Labute approximate surface area is 173 Å². The van der Waals surface area contributed by atoms with E-state index < -0.39 is 0 Å². The summed E-state index contributed by atoms with van der Waals surface area (Å²) in [5.74, 6) is 0.968. The lowest BCUT2D eigenvalue weighted by Gasteiger charge is -2.29. The van der Waals surface area contributed by atoms with Gasteiger partial charge in [0.25, 0.3) is 0 Å². The van der Waals surface area contributed by atoms with Crippen molar-refractivity contribution in [1.82, 2.24) is 9.97 Å². The number of nitrogens with one attached hydrogen (secondary N) is 1. The summed E-state index contributed by atoms with van der Waals surface area (Å²) in [5, 5.41) is 0. The Bertz CT molecular complexity index is 1150. The second-order valence-corrected chi connectivity index (χ2v) is 8.62. The summed E-state index contributed by atoms with van der Waals surface area (Å²) in [5.41, 5.74) is 18.7. The predicted molar refractivity (Wildman–Crippen MR) is 122 cm³/mol. The molecule has 0 fully saturated rings. The van der Waals surface area contributed by atoms with Gasteiger partial charge in [-0.3, -0.25) is 4.99 Å². The van der Waals surface area contributed by atoms with E-state index in [0.29, 0.717) is 6.61 Å². The van der Waals surface area contributed by atoms with E-state index >= 15 is 0 Å². The van der Waals surface area contributed by atoms with E-state index in [1.165, 1.54) is 33.5 Å². The molecule has 1 unspecified atom stereocenters. The molecule has 1 aromatic carbocycles. The number of benzene rings is 1. The fraction of sp³-hybridized carbons (Fsp3) is 0.304. The summed E-state index contributed by atoms with van der Waals surface area (Å²) in [6, 6.07) is 4.51. The molecule has 6 heteroatoms. The largest absolute Gasteiger partial charge is 0.488 e. The van der Waals surface area contributed by atoms with E-state index in [1.807, 2.05) is 13.8 Å². The molecule has 148 valence electrons. The lowest BCUT2D eigenvalue weighted by atomic mass is 9.82. The molecule has 1 atom stereocenters. The molecule has 2 heterocycles. The Hall–Kier alpha value is -2.65. The zero-order chi connectivity index (χ0) is 20.1. The van der Waals surface area contributed by atoms with E-state index in [0.717, 1.165) is 59.7 Å². The number of aliphatic imine (C=N–C) groups is 1. The topological polar surface area (TPSA) is 76.3 Å². The molecule has 1 aliphatic heterocycles. The van der Waals surface area contributed by atoms with Crippen molar-refractivity contribution in [2.45, 2.75) is 39.5 Å². The quantitative estimate of drug-likeness (QED) is 0.590. The molecule has 2 aliphatic carbocycles. The smallest absolute Gasteiger partial charge is 0.128 e. The minimum atomic E-state index is 0.580. The maximum absolute atomic E-state index is 6.26. The van der Waals surface area contributed by atoms with Gasteiger partial charge in [0.15, 0.2) is 0 Å². The van der Waals surface area contributed by atoms with Crippen LogP contribution in [-0.4, -0.2) is 22.3 Å². The van der Waals surface area contributed by atoms with E-state index in [1.54, 1.807) is 6.20 Å². The first-order valence-electron chi connectivity index (χ1n) is 10.0. The zero-order valence-corrected chi connectivity index (χ0v) is 18.0. The Morgan fingerprint density at radius 1 is 1.21 bits per heavy atom. The number of rotatable bonds is 2. The Morgan fingerprint density at radius 3 is 2.90 bits per heavy atom. The van der Waals surface area contributed by atoms with Crippen LogP contribution in [-0.2, 0) is 12.8 Å². The average molecular weight is 404 g/mol. The molecule has 29 heavy (non-hydrogen) atoms. The highest BCUT2D eigenvalue weighted by atomic mass is 31.0. The Kier molecular flexibility index (Phi) is 4.44. The number of nitrogens with zero attached hydrogens (tertiary/aromatic N) is 2. The molecule has 5 rings (SSSR count). The monoisotopic (exact) mass is 404 g/mol. The van der Waals surface area contributed by atoms with Crippen LogP contribution < -0.4 is 16.0 Å². The van der Waals surface area contributed by atoms with Crippen molar-refractivity contribution in [3.05, 3.63) is 58.1 Å². The molecule has 0 bridgehead atoms. The van der Waals surface area contributed by atoms with Crippen molar-refractivity contribution >= 4 is 26.1 Å². The molecule has 0 radical (unpaired) electrons. The first kappa shape index (κ1) is 18.4. The Balaban J connectivity index is 1.54.